The van der Waals surface area contributed by atoms with Gasteiger partial charge in [-0.05, 0) is 19.9 Å². The van der Waals surface area contributed by atoms with Crippen LogP contribution in [-0.2, 0) is 0 Å². The van der Waals surface area contributed by atoms with E-state index in [9.17, 15) is 5.11 Å². The summed E-state index contributed by atoms with van der Waals surface area (Å²) in [7, 11) is 3.08. The lowest BCUT2D eigenvalue weighted by molar-refractivity contribution is 0.180. The highest BCUT2D eigenvalue weighted by molar-refractivity contribution is 5.51. The quantitative estimate of drug-likeness (QED) is 0.805. The molecular weight excluding hydrogens is 234 g/mol. The monoisotopic (exact) mass is 255 g/mol. The van der Waals surface area contributed by atoms with E-state index in [1.54, 1.807) is 19.2 Å². The van der Waals surface area contributed by atoms with Gasteiger partial charge in [-0.2, -0.15) is 0 Å². The minimum Gasteiger partial charge on any atom is -0.496 e. The molecule has 0 saturated carbocycles. The zero-order valence-corrected chi connectivity index (χ0v) is 11.3. The molecule has 0 spiro atoms. The van der Waals surface area contributed by atoms with Crippen LogP contribution >= 0.6 is 0 Å². The van der Waals surface area contributed by atoms with Gasteiger partial charge in [-0.15, -0.1) is 0 Å². The number of nitrogens with two attached hydrogens (primary N) is 1. The Morgan fingerprint density at radius 1 is 1.11 bits per heavy atom. The third-order valence-electron chi connectivity index (χ3n) is 2.46. The lowest BCUT2D eigenvalue weighted by Gasteiger charge is -2.19. The van der Waals surface area contributed by atoms with Crippen LogP contribution in [0.15, 0.2) is 12.1 Å². The fraction of sp³-hybridized carbons (Fsp3) is 0.538. The van der Waals surface area contributed by atoms with Gasteiger partial charge in [-0.1, -0.05) is 0 Å². The molecule has 0 heterocycles. The Morgan fingerprint density at radius 3 is 2.17 bits per heavy atom. The molecule has 0 fully saturated rings. The molecule has 0 radical (unpaired) electrons. The van der Waals surface area contributed by atoms with E-state index in [0.29, 0.717) is 22.8 Å². The molecule has 0 aliphatic heterocycles. The summed E-state index contributed by atoms with van der Waals surface area (Å²) in [6.07, 6.45) is -0.768. The Labute approximate surface area is 107 Å². The van der Waals surface area contributed by atoms with Crippen molar-refractivity contribution in [2.45, 2.75) is 26.1 Å². The summed E-state index contributed by atoms with van der Waals surface area (Å²) in [5.74, 6) is 1.66. The van der Waals surface area contributed by atoms with E-state index in [-0.39, 0.29) is 12.6 Å². The summed E-state index contributed by atoms with van der Waals surface area (Å²) < 4.78 is 16.1. The number of hydrogen-bond acceptors (Lipinski definition) is 5. The Hall–Kier alpha value is -1.46. The largest absolute Gasteiger partial charge is 0.496 e. The van der Waals surface area contributed by atoms with E-state index in [2.05, 4.69) is 0 Å². The molecular formula is C13H21NO4. The van der Waals surface area contributed by atoms with Gasteiger partial charge in [0.15, 0.2) is 11.5 Å². The van der Waals surface area contributed by atoms with E-state index in [0.717, 1.165) is 0 Å². The van der Waals surface area contributed by atoms with Crippen LogP contribution in [0.4, 0.5) is 0 Å². The summed E-state index contributed by atoms with van der Waals surface area (Å²) in [5.41, 5.74) is 6.05. The van der Waals surface area contributed by atoms with Crippen LogP contribution in [0, 0.1) is 0 Å². The van der Waals surface area contributed by atoms with Gasteiger partial charge < -0.3 is 25.1 Å². The second-order valence-corrected chi connectivity index (χ2v) is 4.16. The van der Waals surface area contributed by atoms with Gasteiger partial charge in [0.05, 0.1) is 26.4 Å². The number of benzene rings is 1. The maximum atomic E-state index is 9.83. The second-order valence-electron chi connectivity index (χ2n) is 4.16. The van der Waals surface area contributed by atoms with Gasteiger partial charge in [0, 0.05) is 18.2 Å². The van der Waals surface area contributed by atoms with Crippen molar-refractivity contribution in [1.82, 2.24) is 0 Å². The molecule has 1 unspecified atom stereocenters. The molecule has 0 bridgehead atoms. The predicted molar refractivity (Wildman–Crippen MR) is 69.3 cm³/mol. The maximum absolute atomic E-state index is 9.83. The average Bonchev–Trinajstić information content (AvgIpc) is 2.36. The van der Waals surface area contributed by atoms with Crippen LogP contribution in [0.1, 0.15) is 25.5 Å². The first-order valence-electron chi connectivity index (χ1n) is 5.84. The van der Waals surface area contributed by atoms with Crippen molar-refractivity contribution in [2.24, 2.45) is 5.73 Å². The van der Waals surface area contributed by atoms with E-state index in [1.165, 1.54) is 7.11 Å². The van der Waals surface area contributed by atoms with Crippen molar-refractivity contribution < 1.29 is 19.3 Å². The lowest BCUT2D eigenvalue weighted by Crippen LogP contribution is -2.13. The zero-order chi connectivity index (χ0) is 13.7. The van der Waals surface area contributed by atoms with Gasteiger partial charge >= 0.3 is 0 Å². The highest BCUT2D eigenvalue weighted by atomic mass is 16.5. The Morgan fingerprint density at radius 2 is 1.72 bits per heavy atom. The summed E-state index contributed by atoms with van der Waals surface area (Å²) in [5, 5.41) is 9.83. The fourth-order valence-corrected chi connectivity index (χ4v) is 1.63. The molecule has 5 heteroatoms. The van der Waals surface area contributed by atoms with Gasteiger partial charge in [-0.25, -0.2) is 0 Å². The number of methoxy groups -OCH3 is 2. The number of aliphatic hydroxyl groups is 1. The minimum atomic E-state index is -0.790. The summed E-state index contributed by atoms with van der Waals surface area (Å²) in [6, 6.07) is 3.39. The van der Waals surface area contributed by atoms with E-state index in [4.69, 9.17) is 19.9 Å². The standard InChI is InChI=1S/C13H21NO4/c1-8(2)18-13-6-11(16-3)9(10(15)7-14)5-12(13)17-4/h5-6,8,10,15H,7,14H2,1-4H3. The maximum Gasteiger partial charge on any atom is 0.165 e. The number of hydrogen-bond donors (Lipinski definition) is 2. The molecule has 0 aliphatic rings. The average molecular weight is 255 g/mol. The highest BCUT2D eigenvalue weighted by Crippen LogP contribution is 2.37. The molecule has 1 atom stereocenters. The van der Waals surface area contributed by atoms with Crippen molar-refractivity contribution in [3.05, 3.63) is 17.7 Å². The predicted octanol–water partition coefficient (Wildman–Crippen LogP) is 1.48. The van der Waals surface area contributed by atoms with Gasteiger partial charge in [0.1, 0.15) is 5.75 Å². The van der Waals surface area contributed by atoms with Gasteiger partial charge in [0.25, 0.3) is 0 Å². The first kappa shape index (κ1) is 14.6. The Kier molecular flexibility index (Phi) is 5.25. The lowest BCUT2D eigenvalue weighted by atomic mass is 10.1. The van der Waals surface area contributed by atoms with Crippen LogP contribution in [-0.4, -0.2) is 32.0 Å². The summed E-state index contributed by atoms with van der Waals surface area (Å²) in [4.78, 5) is 0. The first-order chi connectivity index (χ1) is 8.53. The number of rotatable bonds is 6. The Balaban J connectivity index is 3.23. The van der Waals surface area contributed by atoms with Crippen molar-refractivity contribution in [3.8, 4) is 17.2 Å². The first-order valence-corrected chi connectivity index (χ1v) is 5.84. The molecule has 0 aliphatic carbocycles. The van der Waals surface area contributed by atoms with Crippen LogP contribution in [0.3, 0.4) is 0 Å². The third-order valence-corrected chi connectivity index (χ3v) is 2.46. The second kappa shape index (κ2) is 6.47. The normalized spacial score (nSPS) is 12.4. The van der Waals surface area contributed by atoms with E-state index >= 15 is 0 Å². The fourth-order valence-electron chi connectivity index (χ4n) is 1.63. The molecule has 1 aromatic rings. The molecule has 18 heavy (non-hydrogen) atoms. The van der Waals surface area contributed by atoms with Crippen LogP contribution in [0.2, 0.25) is 0 Å². The van der Waals surface area contributed by atoms with Gasteiger partial charge in [-0.3, -0.25) is 0 Å². The van der Waals surface area contributed by atoms with Crippen molar-refractivity contribution in [2.75, 3.05) is 20.8 Å². The summed E-state index contributed by atoms with van der Waals surface area (Å²) >= 11 is 0. The number of ether oxygens (including phenoxy) is 3. The third kappa shape index (κ3) is 3.27. The SMILES string of the molecule is COc1cc(C(O)CN)c(OC)cc1OC(C)C. The van der Waals surface area contributed by atoms with Crippen LogP contribution < -0.4 is 19.9 Å². The topological polar surface area (TPSA) is 73.9 Å². The molecule has 102 valence electrons. The summed E-state index contributed by atoms with van der Waals surface area (Å²) in [6.45, 7) is 3.97. The highest BCUT2D eigenvalue weighted by Gasteiger charge is 2.17. The van der Waals surface area contributed by atoms with Crippen LogP contribution in [0.5, 0.6) is 17.2 Å². The smallest absolute Gasteiger partial charge is 0.165 e. The molecule has 3 N–H and O–H groups in total. The van der Waals surface area contributed by atoms with Crippen molar-refractivity contribution >= 4 is 0 Å². The van der Waals surface area contributed by atoms with Crippen molar-refractivity contribution in [3.63, 3.8) is 0 Å². The van der Waals surface area contributed by atoms with Crippen LogP contribution in [0.25, 0.3) is 0 Å². The van der Waals surface area contributed by atoms with Gasteiger partial charge in [0.2, 0.25) is 0 Å². The zero-order valence-electron chi connectivity index (χ0n) is 11.3. The van der Waals surface area contributed by atoms with E-state index < -0.39 is 6.10 Å². The molecule has 5 nitrogen and oxygen atoms in total. The Bertz CT molecular complexity index is 393. The van der Waals surface area contributed by atoms with E-state index in [1.807, 2.05) is 13.8 Å². The molecule has 0 amide bonds. The number of aliphatic hydroxyl groups excluding tert-OH is 1. The minimum absolute atomic E-state index is 0.0221. The van der Waals surface area contributed by atoms with Crippen molar-refractivity contribution in [1.29, 1.82) is 0 Å². The molecule has 0 saturated heterocycles. The molecule has 0 aromatic heterocycles. The molecule has 1 aromatic carbocycles. The molecule has 1 rings (SSSR count).